The maximum atomic E-state index is 11.0. The van der Waals surface area contributed by atoms with Crippen molar-refractivity contribution in [2.24, 2.45) is 0 Å². The molecule has 0 aliphatic carbocycles. The Bertz CT molecular complexity index is 342. The Morgan fingerprint density at radius 2 is 2.14 bits per heavy atom. The van der Waals surface area contributed by atoms with E-state index in [-0.39, 0.29) is 5.78 Å². The van der Waals surface area contributed by atoms with Crippen LogP contribution in [0, 0.1) is 0 Å². The van der Waals surface area contributed by atoms with Crippen LogP contribution in [0.25, 0.3) is 6.08 Å². The van der Waals surface area contributed by atoms with Crippen molar-refractivity contribution in [3.8, 4) is 5.75 Å². The van der Waals surface area contributed by atoms with Crippen LogP contribution in [0.3, 0.4) is 0 Å². The van der Waals surface area contributed by atoms with E-state index in [0.717, 1.165) is 5.56 Å². The van der Waals surface area contributed by atoms with Crippen LogP contribution < -0.4 is 4.74 Å². The number of ether oxygens (including phenoxy) is 1. The zero-order valence-corrected chi connectivity index (χ0v) is 8.49. The number of benzene rings is 1. The first-order valence-corrected chi connectivity index (χ1v) is 4.53. The third-order valence-corrected chi connectivity index (χ3v) is 2.02. The first kappa shape index (κ1) is 10.5. The van der Waals surface area contributed by atoms with E-state index in [0.29, 0.717) is 5.75 Å². The first-order chi connectivity index (χ1) is 6.65. The third kappa shape index (κ3) is 2.46. The van der Waals surface area contributed by atoms with Crippen molar-refractivity contribution in [3.63, 3.8) is 0 Å². The average molecular weight is 190 g/mol. The monoisotopic (exact) mass is 190 g/mol. The molecule has 1 atom stereocenters. The lowest BCUT2D eigenvalue weighted by Crippen LogP contribution is -2.20. The molecule has 0 radical (unpaired) electrons. The Kier molecular flexibility index (Phi) is 3.46. The Morgan fingerprint density at radius 3 is 2.71 bits per heavy atom. The molecule has 1 unspecified atom stereocenters. The summed E-state index contributed by atoms with van der Waals surface area (Å²) in [5, 5.41) is 0. The molecule has 0 N–H and O–H groups in total. The molecule has 1 rings (SSSR count). The van der Waals surface area contributed by atoms with Gasteiger partial charge in [0.2, 0.25) is 0 Å². The number of hydrogen-bond acceptors (Lipinski definition) is 2. The van der Waals surface area contributed by atoms with Crippen molar-refractivity contribution < 1.29 is 9.53 Å². The summed E-state index contributed by atoms with van der Waals surface area (Å²) in [7, 11) is 0. The molecule has 0 aromatic heterocycles. The number of carbonyl (C=O) groups is 1. The largest absolute Gasteiger partial charge is 0.482 e. The summed E-state index contributed by atoms with van der Waals surface area (Å²) in [6.07, 6.45) is 1.30. The molecule has 0 bridgehead atoms. The van der Waals surface area contributed by atoms with Crippen LogP contribution in [-0.2, 0) is 4.79 Å². The molecule has 74 valence electrons. The van der Waals surface area contributed by atoms with Crippen molar-refractivity contribution in [2.75, 3.05) is 0 Å². The summed E-state index contributed by atoms with van der Waals surface area (Å²) < 4.78 is 5.48. The standard InChI is InChI=1S/C12H14O2/c1-4-11-7-5-6-8-12(11)14-10(3)9(2)13/h4-8,10H,1H2,2-3H3. The number of ketones is 1. The molecule has 0 fully saturated rings. The Hall–Kier alpha value is -1.57. The van der Waals surface area contributed by atoms with Gasteiger partial charge in [0.05, 0.1) is 0 Å². The second kappa shape index (κ2) is 4.61. The molecule has 0 saturated heterocycles. The van der Waals surface area contributed by atoms with E-state index in [9.17, 15) is 4.79 Å². The van der Waals surface area contributed by atoms with Gasteiger partial charge in [-0.3, -0.25) is 4.79 Å². The van der Waals surface area contributed by atoms with Crippen molar-refractivity contribution in [1.29, 1.82) is 0 Å². The van der Waals surface area contributed by atoms with Crippen LogP contribution >= 0.6 is 0 Å². The molecular formula is C12H14O2. The lowest BCUT2D eigenvalue weighted by Gasteiger charge is -2.13. The van der Waals surface area contributed by atoms with Crippen molar-refractivity contribution in [3.05, 3.63) is 36.4 Å². The van der Waals surface area contributed by atoms with E-state index in [2.05, 4.69) is 6.58 Å². The number of Topliss-reactive ketones (excluding diaryl/α,β-unsaturated/α-hetero) is 1. The van der Waals surface area contributed by atoms with Gasteiger partial charge in [-0.15, -0.1) is 0 Å². The molecule has 0 aliphatic rings. The molecule has 0 saturated carbocycles. The van der Waals surface area contributed by atoms with Crippen molar-refractivity contribution >= 4 is 11.9 Å². The van der Waals surface area contributed by atoms with E-state index in [4.69, 9.17) is 4.74 Å². The molecule has 0 amide bonds. The second-order valence-electron chi connectivity index (χ2n) is 3.11. The molecule has 0 aliphatic heterocycles. The summed E-state index contributed by atoms with van der Waals surface area (Å²) in [6.45, 7) is 6.93. The number of hydrogen-bond donors (Lipinski definition) is 0. The molecule has 14 heavy (non-hydrogen) atoms. The van der Waals surface area contributed by atoms with E-state index in [1.807, 2.05) is 24.3 Å². The number of para-hydroxylation sites is 1. The van der Waals surface area contributed by atoms with Gasteiger partial charge in [-0.25, -0.2) is 0 Å². The minimum absolute atomic E-state index is 0.0175. The quantitative estimate of drug-likeness (QED) is 0.729. The molecule has 2 heteroatoms. The van der Waals surface area contributed by atoms with Gasteiger partial charge in [0, 0.05) is 5.56 Å². The fraction of sp³-hybridized carbons (Fsp3) is 0.250. The van der Waals surface area contributed by atoms with Gasteiger partial charge in [0.15, 0.2) is 11.9 Å². The van der Waals surface area contributed by atoms with Crippen LogP contribution in [0.2, 0.25) is 0 Å². The van der Waals surface area contributed by atoms with Gasteiger partial charge < -0.3 is 4.74 Å². The van der Waals surface area contributed by atoms with E-state index in [1.165, 1.54) is 6.92 Å². The minimum Gasteiger partial charge on any atom is -0.482 e. The van der Waals surface area contributed by atoms with Crippen molar-refractivity contribution in [2.45, 2.75) is 20.0 Å². The van der Waals surface area contributed by atoms with Gasteiger partial charge in [0.25, 0.3) is 0 Å². The zero-order valence-electron chi connectivity index (χ0n) is 8.49. The van der Waals surface area contributed by atoms with Crippen LogP contribution in [-0.4, -0.2) is 11.9 Å². The number of rotatable bonds is 4. The SMILES string of the molecule is C=Cc1ccccc1OC(C)C(C)=O. The molecule has 2 nitrogen and oxygen atoms in total. The zero-order chi connectivity index (χ0) is 10.6. The molecule has 0 heterocycles. The summed E-state index contributed by atoms with van der Waals surface area (Å²) in [6, 6.07) is 7.50. The Balaban J connectivity index is 2.85. The van der Waals surface area contributed by atoms with Crippen LogP contribution in [0.15, 0.2) is 30.8 Å². The maximum absolute atomic E-state index is 11.0. The van der Waals surface area contributed by atoms with E-state index < -0.39 is 6.10 Å². The highest BCUT2D eigenvalue weighted by atomic mass is 16.5. The molecule has 0 spiro atoms. The first-order valence-electron chi connectivity index (χ1n) is 4.53. The fourth-order valence-electron chi connectivity index (χ4n) is 1.03. The lowest BCUT2D eigenvalue weighted by atomic mass is 10.2. The Morgan fingerprint density at radius 1 is 1.50 bits per heavy atom. The summed E-state index contributed by atoms with van der Waals surface area (Å²) >= 11 is 0. The number of carbonyl (C=O) groups excluding carboxylic acids is 1. The normalized spacial score (nSPS) is 11.9. The predicted octanol–water partition coefficient (Wildman–Crippen LogP) is 2.69. The lowest BCUT2D eigenvalue weighted by molar-refractivity contribution is -0.122. The topological polar surface area (TPSA) is 26.3 Å². The van der Waals surface area contributed by atoms with Crippen molar-refractivity contribution in [1.82, 2.24) is 0 Å². The highest BCUT2D eigenvalue weighted by Crippen LogP contribution is 2.20. The van der Waals surface area contributed by atoms with Crippen LogP contribution in [0.4, 0.5) is 0 Å². The van der Waals surface area contributed by atoms with Gasteiger partial charge in [-0.05, 0) is 19.9 Å². The second-order valence-corrected chi connectivity index (χ2v) is 3.11. The van der Waals surface area contributed by atoms with Gasteiger partial charge in [0.1, 0.15) is 5.75 Å². The third-order valence-electron chi connectivity index (χ3n) is 2.02. The summed E-state index contributed by atoms with van der Waals surface area (Å²) in [4.78, 5) is 11.0. The summed E-state index contributed by atoms with van der Waals surface area (Å²) in [5.41, 5.74) is 0.903. The van der Waals surface area contributed by atoms with E-state index >= 15 is 0 Å². The molecular weight excluding hydrogens is 176 g/mol. The van der Waals surface area contributed by atoms with E-state index in [1.54, 1.807) is 13.0 Å². The smallest absolute Gasteiger partial charge is 0.169 e. The molecule has 1 aromatic carbocycles. The van der Waals surface area contributed by atoms with Crippen LogP contribution in [0.1, 0.15) is 19.4 Å². The minimum atomic E-state index is -0.406. The summed E-state index contributed by atoms with van der Waals surface area (Å²) in [5.74, 6) is 0.717. The van der Waals surface area contributed by atoms with Crippen LogP contribution in [0.5, 0.6) is 5.75 Å². The maximum Gasteiger partial charge on any atom is 0.169 e. The van der Waals surface area contributed by atoms with Gasteiger partial charge in [-0.2, -0.15) is 0 Å². The highest BCUT2D eigenvalue weighted by molar-refractivity contribution is 5.80. The van der Waals surface area contributed by atoms with Gasteiger partial charge >= 0.3 is 0 Å². The average Bonchev–Trinajstić information content (AvgIpc) is 2.18. The highest BCUT2D eigenvalue weighted by Gasteiger charge is 2.10. The van der Waals surface area contributed by atoms with Gasteiger partial charge in [-0.1, -0.05) is 30.9 Å². The Labute approximate surface area is 84.2 Å². The fourth-order valence-corrected chi connectivity index (χ4v) is 1.03. The predicted molar refractivity (Wildman–Crippen MR) is 57.3 cm³/mol. The molecule has 1 aromatic rings.